The van der Waals surface area contributed by atoms with E-state index in [2.05, 4.69) is 36.8 Å². The number of carbonyl (C=O) groups excluding carboxylic acids is 1. The number of hydrogen-bond donors (Lipinski definition) is 1. The molecule has 1 atom stereocenters. The lowest BCUT2D eigenvalue weighted by Crippen LogP contribution is -2.44. The average Bonchev–Trinajstić information content (AvgIpc) is 3.48. The lowest BCUT2D eigenvalue weighted by molar-refractivity contribution is -0.125. The fraction of sp³-hybridized carbons (Fsp3) is 0.522. The molecule has 5 heterocycles. The van der Waals surface area contributed by atoms with Gasteiger partial charge in [0.15, 0.2) is 11.5 Å². The Morgan fingerprint density at radius 1 is 1.10 bits per heavy atom. The number of anilines is 1. The maximum Gasteiger partial charge on any atom is 0.224 e. The molecule has 1 N–H and O–H groups in total. The minimum absolute atomic E-state index is 0.0155. The molecule has 7 heteroatoms. The first-order valence-corrected chi connectivity index (χ1v) is 11.3. The molecule has 2 aliphatic rings. The first-order valence-electron chi connectivity index (χ1n) is 11.3. The number of rotatable bonds is 6. The first kappa shape index (κ1) is 19.3. The molecule has 3 aromatic rings. The van der Waals surface area contributed by atoms with Crippen LogP contribution in [0.3, 0.4) is 0 Å². The number of hydrogen-bond acceptors (Lipinski definition) is 5. The summed E-state index contributed by atoms with van der Waals surface area (Å²) in [6.07, 6.45) is 9.44. The summed E-state index contributed by atoms with van der Waals surface area (Å²) in [5.41, 5.74) is 2.82. The molecule has 0 aromatic carbocycles. The lowest BCUT2D eigenvalue weighted by atomic mass is 9.97. The van der Waals surface area contributed by atoms with Crippen LogP contribution in [-0.4, -0.2) is 64.4 Å². The van der Waals surface area contributed by atoms with Crippen molar-refractivity contribution in [2.45, 2.75) is 32.1 Å². The zero-order valence-electron chi connectivity index (χ0n) is 17.5. The van der Waals surface area contributed by atoms with E-state index in [-0.39, 0.29) is 11.8 Å². The Labute approximate surface area is 177 Å². The molecule has 1 amide bonds. The number of likely N-dealkylation sites (tertiary alicyclic amines) is 1. The van der Waals surface area contributed by atoms with Crippen LogP contribution in [0, 0.1) is 5.92 Å². The third-order valence-corrected chi connectivity index (χ3v) is 6.46. The summed E-state index contributed by atoms with van der Waals surface area (Å²) in [5.74, 6) is 1.13. The maximum atomic E-state index is 12.8. The summed E-state index contributed by atoms with van der Waals surface area (Å²) in [7, 11) is 0. The fourth-order valence-electron chi connectivity index (χ4n) is 4.87. The number of fused-ring (bicyclic) bond motifs is 3. The van der Waals surface area contributed by atoms with Gasteiger partial charge in [0, 0.05) is 32.0 Å². The molecular formula is C23H30N6O. The van der Waals surface area contributed by atoms with Crippen molar-refractivity contribution in [3.63, 3.8) is 0 Å². The van der Waals surface area contributed by atoms with E-state index >= 15 is 0 Å². The van der Waals surface area contributed by atoms with Gasteiger partial charge in [-0.05, 0) is 76.0 Å². The predicted octanol–water partition coefficient (Wildman–Crippen LogP) is 2.70. The molecule has 2 saturated heterocycles. The van der Waals surface area contributed by atoms with Crippen LogP contribution in [0.4, 0.5) is 5.82 Å². The molecule has 3 aromatic heterocycles. The predicted molar refractivity (Wildman–Crippen MR) is 119 cm³/mol. The Balaban J connectivity index is 1.26. The van der Waals surface area contributed by atoms with Crippen molar-refractivity contribution >= 4 is 28.4 Å². The van der Waals surface area contributed by atoms with Gasteiger partial charge in [0.1, 0.15) is 0 Å². The Kier molecular flexibility index (Phi) is 5.53. The van der Waals surface area contributed by atoms with Crippen LogP contribution >= 0.6 is 0 Å². The molecule has 158 valence electrons. The maximum absolute atomic E-state index is 12.8. The van der Waals surface area contributed by atoms with E-state index in [1.54, 1.807) is 6.20 Å². The van der Waals surface area contributed by atoms with E-state index in [4.69, 9.17) is 4.98 Å². The van der Waals surface area contributed by atoms with Crippen molar-refractivity contribution in [2.24, 2.45) is 5.92 Å². The summed E-state index contributed by atoms with van der Waals surface area (Å²) in [6, 6.07) is 8.12. The van der Waals surface area contributed by atoms with E-state index in [0.717, 1.165) is 61.4 Å². The van der Waals surface area contributed by atoms with Gasteiger partial charge < -0.3 is 19.5 Å². The number of amides is 1. The van der Waals surface area contributed by atoms with Gasteiger partial charge >= 0.3 is 0 Å². The van der Waals surface area contributed by atoms with Gasteiger partial charge in [-0.2, -0.15) is 0 Å². The topological polar surface area (TPSA) is 65.8 Å². The van der Waals surface area contributed by atoms with E-state index < -0.39 is 0 Å². The van der Waals surface area contributed by atoms with Crippen LogP contribution in [0.25, 0.3) is 16.7 Å². The number of nitrogens with one attached hydrogen (secondary N) is 1. The monoisotopic (exact) mass is 406 g/mol. The van der Waals surface area contributed by atoms with Gasteiger partial charge in [-0.15, -0.1) is 0 Å². The van der Waals surface area contributed by atoms with Gasteiger partial charge in [-0.3, -0.25) is 4.79 Å². The fourth-order valence-corrected chi connectivity index (χ4v) is 4.87. The summed E-state index contributed by atoms with van der Waals surface area (Å²) < 4.78 is 2.15. The van der Waals surface area contributed by atoms with Crippen LogP contribution in [0.2, 0.25) is 0 Å². The minimum Gasteiger partial charge on any atom is -0.356 e. The lowest BCUT2D eigenvalue weighted by Gasteiger charge is -2.33. The molecule has 0 saturated carbocycles. The molecule has 0 unspecified atom stereocenters. The van der Waals surface area contributed by atoms with Crippen LogP contribution in [-0.2, 0) is 4.79 Å². The van der Waals surface area contributed by atoms with Crippen LogP contribution in [0.1, 0.15) is 32.1 Å². The van der Waals surface area contributed by atoms with Gasteiger partial charge in [0.25, 0.3) is 0 Å². The highest BCUT2D eigenvalue weighted by molar-refractivity contribution is 5.84. The molecule has 2 fully saturated rings. The summed E-state index contributed by atoms with van der Waals surface area (Å²) >= 11 is 0. The Morgan fingerprint density at radius 3 is 2.87 bits per heavy atom. The highest BCUT2D eigenvalue weighted by atomic mass is 16.1. The smallest absolute Gasteiger partial charge is 0.224 e. The molecule has 5 rings (SSSR count). The molecule has 7 nitrogen and oxygen atoms in total. The van der Waals surface area contributed by atoms with Crippen molar-refractivity contribution in [1.82, 2.24) is 24.6 Å². The summed E-state index contributed by atoms with van der Waals surface area (Å²) in [6.45, 7) is 5.93. The normalized spacial score (nSPS) is 20.3. The number of aromatic nitrogens is 3. The Hall–Kier alpha value is -2.67. The van der Waals surface area contributed by atoms with Crippen LogP contribution in [0.15, 0.2) is 36.7 Å². The molecule has 2 aliphatic heterocycles. The third kappa shape index (κ3) is 3.86. The van der Waals surface area contributed by atoms with Crippen molar-refractivity contribution in [2.75, 3.05) is 44.2 Å². The van der Waals surface area contributed by atoms with Gasteiger partial charge in [0.2, 0.25) is 5.91 Å². The van der Waals surface area contributed by atoms with E-state index in [1.807, 2.05) is 18.2 Å². The van der Waals surface area contributed by atoms with E-state index in [1.165, 1.54) is 25.9 Å². The molecule has 30 heavy (non-hydrogen) atoms. The van der Waals surface area contributed by atoms with E-state index in [9.17, 15) is 4.79 Å². The van der Waals surface area contributed by atoms with Gasteiger partial charge in [-0.1, -0.05) is 0 Å². The van der Waals surface area contributed by atoms with Crippen molar-refractivity contribution in [3.8, 4) is 0 Å². The van der Waals surface area contributed by atoms with Crippen LogP contribution in [0.5, 0.6) is 0 Å². The largest absolute Gasteiger partial charge is 0.356 e. The van der Waals surface area contributed by atoms with Crippen molar-refractivity contribution < 1.29 is 4.79 Å². The van der Waals surface area contributed by atoms with Gasteiger partial charge in [-0.25, -0.2) is 9.97 Å². The highest BCUT2D eigenvalue weighted by Gasteiger charge is 2.28. The highest BCUT2D eigenvalue weighted by Crippen LogP contribution is 2.28. The second kappa shape index (κ2) is 8.60. The third-order valence-electron chi connectivity index (χ3n) is 6.46. The molecule has 0 aliphatic carbocycles. The summed E-state index contributed by atoms with van der Waals surface area (Å²) in [4.78, 5) is 26.9. The molecular weight excluding hydrogens is 376 g/mol. The summed E-state index contributed by atoms with van der Waals surface area (Å²) in [5, 5.41) is 3.18. The van der Waals surface area contributed by atoms with Crippen LogP contribution < -0.4 is 10.2 Å². The second-order valence-electron chi connectivity index (χ2n) is 8.52. The van der Waals surface area contributed by atoms with Crippen molar-refractivity contribution in [3.05, 3.63) is 36.7 Å². The Bertz CT molecular complexity index is 1020. The number of carbonyl (C=O) groups is 1. The zero-order chi connectivity index (χ0) is 20.3. The number of piperidine rings is 1. The molecule has 0 bridgehead atoms. The number of pyridine rings is 1. The average molecular weight is 407 g/mol. The van der Waals surface area contributed by atoms with Gasteiger partial charge in [0.05, 0.1) is 17.0 Å². The standard InChI is InChI=1S/C23H30N6O/c30-23(25-11-6-14-27-12-1-2-13-27)18-7-4-15-28(17-18)22-20-9-5-16-29(20)19-8-3-10-24-21(19)26-22/h3,5,8-10,16,18H,1-2,4,6-7,11-15,17H2,(H,25,30)/t18-/m0/s1. The van der Waals surface area contributed by atoms with Crippen molar-refractivity contribution in [1.29, 1.82) is 0 Å². The Morgan fingerprint density at radius 2 is 1.97 bits per heavy atom. The SMILES string of the molecule is O=C(NCCCN1CCCC1)[C@H]1CCCN(c2nc3ncccc3n3cccc23)C1. The minimum atomic E-state index is 0.0155. The number of nitrogens with zero attached hydrogens (tertiary/aromatic N) is 5. The second-order valence-corrected chi connectivity index (χ2v) is 8.52. The quantitative estimate of drug-likeness (QED) is 0.638. The molecule has 0 radical (unpaired) electrons. The zero-order valence-corrected chi connectivity index (χ0v) is 17.5. The molecule has 0 spiro atoms. The first-order chi connectivity index (χ1) is 14.8. The van der Waals surface area contributed by atoms with E-state index in [0.29, 0.717) is 6.54 Å².